The van der Waals surface area contributed by atoms with E-state index in [1.807, 2.05) is 6.20 Å². The first kappa shape index (κ1) is 10.1. The van der Waals surface area contributed by atoms with Crippen LogP contribution in [0, 0.1) is 0 Å². The Balaban J connectivity index is 2.14. The van der Waals surface area contributed by atoms with Crippen molar-refractivity contribution in [2.45, 2.75) is 19.9 Å². The Bertz CT molecular complexity index is 434. The topological polar surface area (TPSA) is 81.7 Å². The van der Waals surface area contributed by atoms with E-state index in [1.54, 1.807) is 6.20 Å². The van der Waals surface area contributed by atoms with Crippen LogP contribution < -0.4 is 11.3 Å². The number of anilines is 1. The first-order chi connectivity index (χ1) is 7.33. The molecule has 0 unspecified atom stereocenters. The maximum absolute atomic E-state index is 5.23. The lowest BCUT2D eigenvalue weighted by molar-refractivity contribution is 0.721. The molecule has 0 fully saturated rings. The summed E-state index contributed by atoms with van der Waals surface area (Å²) in [6.45, 7) is 2.77. The van der Waals surface area contributed by atoms with Gasteiger partial charge >= 0.3 is 0 Å². The lowest BCUT2D eigenvalue weighted by Crippen LogP contribution is -2.05. The highest BCUT2D eigenvalue weighted by atomic mass is 32.1. The molecule has 0 atom stereocenters. The van der Waals surface area contributed by atoms with Crippen molar-refractivity contribution in [3.05, 3.63) is 23.2 Å². The molecule has 0 aliphatic rings. The van der Waals surface area contributed by atoms with Crippen molar-refractivity contribution in [3.8, 4) is 0 Å². The number of nitrogens with zero attached hydrogens (tertiary/aromatic N) is 4. The SMILES string of the molecule is CCc1nccn1Cc1nnc(NN)s1. The number of aryl methyl sites for hydroxylation is 1. The Morgan fingerprint density at radius 2 is 2.40 bits per heavy atom. The second-order valence-electron chi connectivity index (χ2n) is 2.97. The fourth-order valence-electron chi connectivity index (χ4n) is 1.32. The molecule has 2 aromatic rings. The second kappa shape index (κ2) is 4.37. The minimum absolute atomic E-state index is 0.628. The van der Waals surface area contributed by atoms with Crippen molar-refractivity contribution in [1.82, 2.24) is 19.7 Å². The van der Waals surface area contributed by atoms with Gasteiger partial charge in [0.25, 0.3) is 0 Å². The summed E-state index contributed by atoms with van der Waals surface area (Å²) in [7, 11) is 0. The van der Waals surface area contributed by atoms with Crippen LogP contribution in [0.2, 0.25) is 0 Å². The lowest BCUT2D eigenvalue weighted by atomic mass is 10.4. The first-order valence-corrected chi connectivity index (χ1v) is 5.44. The maximum atomic E-state index is 5.23. The highest BCUT2D eigenvalue weighted by Crippen LogP contribution is 2.15. The molecule has 0 aliphatic heterocycles. The van der Waals surface area contributed by atoms with Gasteiger partial charge in [-0.05, 0) is 0 Å². The van der Waals surface area contributed by atoms with Crippen molar-refractivity contribution >= 4 is 16.5 Å². The number of hydrogen-bond donors (Lipinski definition) is 2. The number of aromatic nitrogens is 4. The molecule has 0 spiro atoms. The van der Waals surface area contributed by atoms with Gasteiger partial charge in [-0.3, -0.25) is 5.43 Å². The molecule has 80 valence electrons. The normalized spacial score (nSPS) is 10.5. The highest BCUT2D eigenvalue weighted by Gasteiger charge is 2.06. The van der Waals surface area contributed by atoms with Gasteiger partial charge < -0.3 is 4.57 Å². The van der Waals surface area contributed by atoms with E-state index >= 15 is 0 Å². The van der Waals surface area contributed by atoms with E-state index in [1.165, 1.54) is 11.3 Å². The van der Waals surface area contributed by atoms with E-state index < -0.39 is 0 Å². The molecule has 3 N–H and O–H groups in total. The Morgan fingerprint density at radius 1 is 1.53 bits per heavy atom. The average Bonchev–Trinajstić information content (AvgIpc) is 2.87. The molecule has 0 bridgehead atoms. The van der Waals surface area contributed by atoms with E-state index in [0.717, 1.165) is 17.3 Å². The van der Waals surface area contributed by atoms with Gasteiger partial charge in [-0.2, -0.15) is 0 Å². The minimum atomic E-state index is 0.628. The fourth-order valence-corrected chi connectivity index (χ4v) is 1.97. The van der Waals surface area contributed by atoms with E-state index in [4.69, 9.17) is 5.84 Å². The molecule has 0 aromatic carbocycles. The molecule has 2 heterocycles. The summed E-state index contributed by atoms with van der Waals surface area (Å²) in [6, 6.07) is 0. The van der Waals surface area contributed by atoms with Crippen LogP contribution in [-0.4, -0.2) is 19.7 Å². The summed E-state index contributed by atoms with van der Waals surface area (Å²) >= 11 is 1.44. The monoisotopic (exact) mass is 224 g/mol. The first-order valence-electron chi connectivity index (χ1n) is 4.62. The van der Waals surface area contributed by atoms with Gasteiger partial charge in [0.2, 0.25) is 5.13 Å². The Labute approximate surface area is 91.1 Å². The molecule has 0 amide bonds. The third kappa shape index (κ3) is 2.13. The van der Waals surface area contributed by atoms with Crippen LogP contribution in [-0.2, 0) is 13.0 Å². The van der Waals surface area contributed by atoms with Crippen LogP contribution in [0.15, 0.2) is 12.4 Å². The van der Waals surface area contributed by atoms with Gasteiger partial charge in [-0.1, -0.05) is 18.3 Å². The third-order valence-electron chi connectivity index (χ3n) is 2.01. The molecule has 2 rings (SSSR count). The molecule has 6 nitrogen and oxygen atoms in total. The molecule has 0 radical (unpaired) electrons. The molecule has 0 saturated heterocycles. The zero-order valence-corrected chi connectivity index (χ0v) is 9.16. The summed E-state index contributed by atoms with van der Waals surface area (Å²) in [4.78, 5) is 4.24. The summed E-state index contributed by atoms with van der Waals surface area (Å²) < 4.78 is 2.06. The van der Waals surface area contributed by atoms with E-state index in [9.17, 15) is 0 Å². The Morgan fingerprint density at radius 3 is 3.07 bits per heavy atom. The molecule has 7 heteroatoms. The predicted octanol–water partition coefficient (Wildman–Crippen LogP) is 0.631. The molecular formula is C8H12N6S. The smallest absolute Gasteiger partial charge is 0.219 e. The number of nitrogen functional groups attached to an aromatic ring is 1. The number of nitrogens with two attached hydrogens (primary N) is 1. The van der Waals surface area contributed by atoms with Crippen molar-refractivity contribution < 1.29 is 0 Å². The Kier molecular flexibility index (Phi) is 2.93. The van der Waals surface area contributed by atoms with Gasteiger partial charge in [0, 0.05) is 18.8 Å². The fraction of sp³-hybridized carbons (Fsp3) is 0.375. The molecule has 15 heavy (non-hydrogen) atoms. The van der Waals surface area contributed by atoms with E-state index in [0.29, 0.717) is 11.7 Å². The van der Waals surface area contributed by atoms with Gasteiger partial charge in [-0.25, -0.2) is 10.8 Å². The number of rotatable bonds is 4. The van der Waals surface area contributed by atoms with Crippen molar-refractivity contribution in [2.75, 3.05) is 5.43 Å². The Hall–Kier alpha value is -1.47. The quantitative estimate of drug-likeness (QED) is 0.588. The van der Waals surface area contributed by atoms with Crippen LogP contribution in [0.25, 0.3) is 0 Å². The van der Waals surface area contributed by atoms with Crippen LogP contribution in [0.5, 0.6) is 0 Å². The average molecular weight is 224 g/mol. The molecule has 0 saturated carbocycles. The van der Waals surface area contributed by atoms with Crippen molar-refractivity contribution in [3.63, 3.8) is 0 Å². The van der Waals surface area contributed by atoms with Gasteiger partial charge in [0.05, 0.1) is 6.54 Å². The summed E-state index contributed by atoms with van der Waals surface area (Å²) in [5, 5.41) is 9.42. The van der Waals surface area contributed by atoms with Gasteiger partial charge in [-0.15, -0.1) is 10.2 Å². The summed E-state index contributed by atoms with van der Waals surface area (Å²) in [6.07, 6.45) is 4.64. The predicted molar refractivity (Wildman–Crippen MR) is 58.4 cm³/mol. The zero-order valence-electron chi connectivity index (χ0n) is 8.34. The second-order valence-corrected chi connectivity index (χ2v) is 4.03. The lowest BCUT2D eigenvalue weighted by Gasteiger charge is -2.01. The highest BCUT2D eigenvalue weighted by molar-refractivity contribution is 7.15. The van der Waals surface area contributed by atoms with Crippen LogP contribution >= 0.6 is 11.3 Å². The maximum Gasteiger partial charge on any atom is 0.219 e. The summed E-state index contributed by atoms with van der Waals surface area (Å²) in [5.41, 5.74) is 2.48. The number of imidazole rings is 1. The van der Waals surface area contributed by atoms with E-state index in [2.05, 4.69) is 32.1 Å². The minimum Gasteiger partial charge on any atom is -0.328 e. The number of hydrazine groups is 1. The third-order valence-corrected chi connectivity index (χ3v) is 2.85. The molecular weight excluding hydrogens is 212 g/mol. The standard InChI is InChI=1S/C8H12N6S/c1-2-6-10-3-4-14(6)5-7-12-13-8(11-9)15-7/h3-4H,2,5,9H2,1H3,(H,11,13). The number of nitrogens with one attached hydrogen (secondary N) is 1. The van der Waals surface area contributed by atoms with Crippen molar-refractivity contribution in [1.29, 1.82) is 0 Å². The van der Waals surface area contributed by atoms with Gasteiger partial charge in [0.1, 0.15) is 10.8 Å². The van der Waals surface area contributed by atoms with Crippen LogP contribution in [0.4, 0.5) is 5.13 Å². The summed E-state index contributed by atoms with van der Waals surface area (Å²) in [5.74, 6) is 6.28. The zero-order chi connectivity index (χ0) is 10.7. The molecule has 2 aromatic heterocycles. The largest absolute Gasteiger partial charge is 0.328 e. The van der Waals surface area contributed by atoms with Crippen LogP contribution in [0.3, 0.4) is 0 Å². The van der Waals surface area contributed by atoms with Gasteiger partial charge in [0.15, 0.2) is 0 Å². The van der Waals surface area contributed by atoms with E-state index in [-0.39, 0.29) is 0 Å². The number of hydrogen-bond acceptors (Lipinski definition) is 6. The molecule has 0 aliphatic carbocycles. The van der Waals surface area contributed by atoms with Crippen LogP contribution in [0.1, 0.15) is 17.8 Å². The van der Waals surface area contributed by atoms with Crippen molar-refractivity contribution in [2.24, 2.45) is 5.84 Å².